The number of non-ortho nitro benzene ring substituents is 1. The third-order valence-corrected chi connectivity index (χ3v) is 5.26. The molecule has 35 heavy (non-hydrogen) atoms. The third-order valence-electron chi connectivity index (χ3n) is 5.26. The Labute approximate surface area is 199 Å². The molecule has 178 valence electrons. The summed E-state index contributed by atoms with van der Waals surface area (Å²) in [6, 6.07) is 13.6. The Morgan fingerprint density at radius 2 is 1.97 bits per heavy atom. The number of urea groups is 1. The quantitative estimate of drug-likeness (QED) is 0.229. The number of anilines is 1. The van der Waals surface area contributed by atoms with Gasteiger partial charge in [0, 0.05) is 23.8 Å². The van der Waals surface area contributed by atoms with Gasteiger partial charge < -0.3 is 19.8 Å². The first kappa shape index (κ1) is 23.2. The van der Waals surface area contributed by atoms with E-state index in [0.29, 0.717) is 22.8 Å². The van der Waals surface area contributed by atoms with Gasteiger partial charge in [-0.2, -0.15) is 0 Å². The average molecular weight is 476 g/mol. The Balaban J connectivity index is 1.49. The number of ether oxygens (including phenoxy) is 1. The molecule has 0 aliphatic carbocycles. The van der Waals surface area contributed by atoms with Crippen LogP contribution in [0.2, 0.25) is 0 Å². The molecule has 4 amide bonds. The average Bonchev–Trinajstić information content (AvgIpc) is 3.39. The Morgan fingerprint density at radius 1 is 1.20 bits per heavy atom. The molecule has 0 atom stereocenters. The number of hydrogen-bond acceptors (Lipinski definition) is 7. The first-order chi connectivity index (χ1) is 16.8. The summed E-state index contributed by atoms with van der Waals surface area (Å²) < 4.78 is 10.9. The molecule has 0 saturated carbocycles. The minimum atomic E-state index is -0.752. The van der Waals surface area contributed by atoms with Gasteiger partial charge in [0.1, 0.15) is 29.5 Å². The van der Waals surface area contributed by atoms with Gasteiger partial charge in [-0.15, -0.1) is 0 Å². The summed E-state index contributed by atoms with van der Waals surface area (Å²) >= 11 is 0. The van der Waals surface area contributed by atoms with Crippen LogP contribution in [-0.4, -0.2) is 41.3 Å². The number of benzene rings is 2. The number of aryl methyl sites for hydroxylation is 1. The van der Waals surface area contributed by atoms with E-state index in [-0.39, 0.29) is 17.1 Å². The summed E-state index contributed by atoms with van der Waals surface area (Å²) in [7, 11) is 1.46. The number of imide groups is 1. The fourth-order valence-electron chi connectivity index (χ4n) is 3.50. The highest BCUT2D eigenvalue weighted by Crippen LogP contribution is 2.30. The number of furan rings is 1. The number of carbonyl (C=O) groups is 3. The highest BCUT2D eigenvalue weighted by atomic mass is 16.6. The summed E-state index contributed by atoms with van der Waals surface area (Å²) in [5.74, 6) is -0.237. The number of hydrogen-bond donors (Lipinski definition) is 2. The van der Waals surface area contributed by atoms with E-state index in [9.17, 15) is 24.5 Å². The predicted octanol–water partition coefficient (Wildman–Crippen LogP) is 3.70. The van der Waals surface area contributed by atoms with Gasteiger partial charge >= 0.3 is 6.03 Å². The van der Waals surface area contributed by atoms with Crippen molar-refractivity contribution in [1.82, 2.24) is 10.2 Å². The molecule has 0 radical (unpaired) electrons. The zero-order valence-corrected chi connectivity index (χ0v) is 18.7. The van der Waals surface area contributed by atoms with Gasteiger partial charge in [0.25, 0.3) is 11.6 Å². The minimum absolute atomic E-state index is 0.0724. The topological polar surface area (TPSA) is 144 Å². The second-order valence-electron chi connectivity index (χ2n) is 7.59. The van der Waals surface area contributed by atoms with Crippen molar-refractivity contribution in [2.75, 3.05) is 19.0 Å². The van der Waals surface area contributed by atoms with Crippen molar-refractivity contribution in [2.24, 2.45) is 0 Å². The summed E-state index contributed by atoms with van der Waals surface area (Å²) in [5.41, 5.74) is 1.54. The van der Waals surface area contributed by atoms with E-state index >= 15 is 0 Å². The normalized spacial score (nSPS) is 14.2. The Morgan fingerprint density at radius 3 is 2.71 bits per heavy atom. The van der Waals surface area contributed by atoms with Crippen LogP contribution in [0.4, 0.5) is 16.2 Å². The Bertz CT molecular complexity index is 1380. The van der Waals surface area contributed by atoms with Crippen LogP contribution in [-0.2, 0) is 9.59 Å². The maximum Gasteiger partial charge on any atom is 0.329 e. The first-order valence-corrected chi connectivity index (χ1v) is 10.4. The molecule has 11 heteroatoms. The number of nitro groups is 1. The molecular formula is C24H20N4O7. The van der Waals surface area contributed by atoms with Crippen molar-refractivity contribution < 1.29 is 28.5 Å². The molecule has 1 aromatic heterocycles. The summed E-state index contributed by atoms with van der Waals surface area (Å²) in [6.45, 7) is 1.28. The lowest BCUT2D eigenvalue weighted by molar-refractivity contribution is -0.384. The van der Waals surface area contributed by atoms with Crippen LogP contribution >= 0.6 is 0 Å². The molecule has 2 N–H and O–H groups in total. The molecule has 1 fully saturated rings. The van der Waals surface area contributed by atoms with Gasteiger partial charge in [0.05, 0.1) is 17.7 Å². The van der Waals surface area contributed by atoms with Crippen molar-refractivity contribution in [3.63, 3.8) is 0 Å². The minimum Gasteiger partial charge on any atom is -0.495 e. The van der Waals surface area contributed by atoms with Crippen molar-refractivity contribution in [3.05, 3.63) is 81.7 Å². The fraction of sp³-hybridized carbons (Fsp3) is 0.125. The second-order valence-corrected chi connectivity index (χ2v) is 7.59. The maximum absolute atomic E-state index is 12.7. The van der Waals surface area contributed by atoms with Crippen LogP contribution in [0.15, 0.2) is 64.7 Å². The fourth-order valence-corrected chi connectivity index (χ4v) is 3.50. The molecular weight excluding hydrogens is 456 g/mol. The highest BCUT2D eigenvalue weighted by Gasteiger charge is 2.35. The molecule has 2 aromatic carbocycles. The lowest BCUT2D eigenvalue weighted by Gasteiger charge is -2.13. The van der Waals surface area contributed by atoms with Gasteiger partial charge in [0.15, 0.2) is 0 Å². The van der Waals surface area contributed by atoms with E-state index in [1.165, 1.54) is 25.3 Å². The Hall–Kier alpha value is -4.93. The molecule has 1 saturated heterocycles. The van der Waals surface area contributed by atoms with E-state index in [1.54, 1.807) is 49.4 Å². The Kier molecular flexibility index (Phi) is 6.32. The summed E-state index contributed by atoms with van der Waals surface area (Å²) in [6.07, 6.45) is 1.33. The number of amides is 4. The number of nitro benzene ring substituents is 1. The summed E-state index contributed by atoms with van der Waals surface area (Å²) in [5, 5.41) is 16.1. The van der Waals surface area contributed by atoms with Gasteiger partial charge in [-0.3, -0.25) is 19.7 Å². The van der Waals surface area contributed by atoms with E-state index in [4.69, 9.17) is 9.15 Å². The number of carbonyl (C=O) groups excluding carboxylic acids is 3. The monoisotopic (exact) mass is 476 g/mol. The van der Waals surface area contributed by atoms with E-state index < -0.39 is 29.3 Å². The molecule has 2 heterocycles. The van der Waals surface area contributed by atoms with Crippen molar-refractivity contribution in [2.45, 2.75) is 6.92 Å². The van der Waals surface area contributed by atoms with Gasteiger partial charge in [-0.1, -0.05) is 18.2 Å². The molecule has 3 aromatic rings. The van der Waals surface area contributed by atoms with Crippen molar-refractivity contribution in [3.8, 4) is 17.1 Å². The van der Waals surface area contributed by atoms with Gasteiger partial charge in [-0.05, 0) is 36.8 Å². The highest BCUT2D eigenvalue weighted by molar-refractivity contribution is 6.15. The molecule has 4 rings (SSSR count). The molecule has 1 aliphatic heterocycles. The molecule has 0 unspecified atom stereocenters. The second kappa shape index (κ2) is 9.51. The molecule has 1 aliphatic rings. The number of nitrogens with one attached hydrogen (secondary N) is 2. The van der Waals surface area contributed by atoms with Crippen LogP contribution in [0.5, 0.6) is 5.75 Å². The van der Waals surface area contributed by atoms with Gasteiger partial charge in [-0.25, -0.2) is 9.69 Å². The number of para-hydroxylation sites is 2. The van der Waals surface area contributed by atoms with Crippen molar-refractivity contribution >= 4 is 35.3 Å². The van der Waals surface area contributed by atoms with Crippen LogP contribution < -0.4 is 15.4 Å². The maximum atomic E-state index is 12.7. The molecule has 11 nitrogen and oxygen atoms in total. The SMILES string of the molecule is COc1ccccc1NC(=O)CN1C(=O)N/C(=C/c2ccc(-c3cc([N+](=O)[O-])ccc3C)o2)C1=O. The number of rotatable bonds is 7. The van der Waals surface area contributed by atoms with Crippen molar-refractivity contribution in [1.29, 1.82) is 0 Å². The zero-order chi connectivity index (χ0) is 25.1. The molecule has 0 spiro atoms. The number of methoxy groups -OCH3 is 1. The van der Waals surface area contributed by atoms with E-state index in [1.807, 2.05) is 0 Å². The largest absolute Gasteiger partial charge is 0.495 e. The van der Waals surface area contributed by atoms with Gasteiger partial charge in [0.2, 0.25) is 5.91 Å². The zero-order valence-electron chi connectivity index (χ0n) is 18.7. The standard InChI is InChI=1S/C24H20N4O7/c1-14-7-8-15(28(32)33)11-17(14)20-10-9-16(35-20)12-19-23(30)27(24(31)26-19)13-22(29)25-18-5-3-4-6-21(18)34-2/h3-12H,13H2,1-2H3,(H,25,29)(H,26,31)/b19-12+. The smallest absolute Gasteiger partial charge is 0.329 e. The van der Waals surface area contributed by atoms with Crippen LogP contribution in [0, 0.1) is 17.0 Å². The van der Waals surface area contributed by atoms with Crippen LogP contribution in [0.3, 0.4) is 0 Å². The third kappa shape index (κ3) is 4.88. The van der Waals surface area contributed by atoms with E-state index in [2.05, 4.69) is 10.6 Å². The van der Waals surface area contributed by atoms with Crippen LogP contribution in [0.1, 0.15) is 11.3 Å². The molecule has 0 bridgehead atoms. The summed E-state index contributed by atoms with van der Waals surface area (Å²) in [4.78, 5) is 48.8. The lowest BCUT2D eigenvalue weighted by atomic mass is 10.1. The van der Waals surface area contributed by atoms with Crippen LogP contribution in [0.25, 0.3) is 17.4 Å². The first-order valence-electron chi connectivity index (χ1n) is 10.4. The lowest BCUT2D eigenvalue weighted by Crippen LogP contribution is -2.38. The number of nitrogens with zero attached hydrogens (tertiary/aromatic N) is 2. The predicted molar refractivity (Wildman–Crippen MR) is 125 cm³/mol. The van der Waals surface area contributed by atoms with E-state index in [0.717, 1.165) is 10.5 Å².